The van der Waals surface area contributed by atoms with Crippen LogP contribution in [0.25, 0.3) is 21.8 Å². The van der Waals surface area contributed by atoms with Gasteiger partial charge in [-0.1, -0.05) is 30.3 Å². The molecule has 3 aromatic rings. The van der Waals surface area contributed by atoms with Crippen molar-refractivity contribution in [2.75, 3.05) is 39.3 Å². The summed E-state index contributed by atoms with van der Waals surface area (Å²) in [6.45, 7) is 6.01. The van der Waals surface area contributed by atoms with Crippen molar-refractivity contribution in [1.82, 2.24) is 20.5 Å². The van der Waals surface area contributed by atoms with Crippen LogP contribution in [-0.2, 0) is 0 Å². The van der Waals surface area contributed by atoms with Gasteiger partial charge in [0, 0.05) is 43.5 Å². The molecule has 134 valence electrons. The predicted octanol–water partition coefficient (Wildman–Crippen LogP) is 2.41. The van der Waals surface area contributed by atoms with Gasteiger partial charge in [-0.25, -0.2) is 4.98 Å². The van der Waals surface area contributed by atoms with E-state index in [4.69, 9.17) is 4.98 Å². The summed E-state index contributed by atoms with van der Waals surface area (Å²) >= 11 is 0. The summed E-state index contributed by atoms with van der Waals surface area (Å²) in [6.07, 6.45) is 0.965. The van der Waals surface area contributed by atoms with Gasteiger partial charge in [0.15, 0.2) is 0 Å². The van der Waals surface area contributed by atoms with E-state index >= 15 is 0 Å². The molecule has 2 N–H and O–H groups in total. The van der Waals surface area contributed by atoms with Crippen LogP contribution in [0, 0.1) is 0 Å². The summed E-state index contributed by atoms with van der Waals surface area (Å²) in [5, 5.41) is 8.50. The molecule has 1 aliphatic heterocycles. The fourth-order valence-electron chi connectivity index (χ4n) is 3.52. The minimum absolute atomic E-state index is 0.0429. The normalized spacial score (nSPS) is 15.4. The molecule has 1 amide bonds. The lowest BCUT2D eigenvalue weighted by atomic mass is 10.1. The number of carbonyl (C=O) groups is 1. The second-order valence-corrected chi connectivity index (χ2v) is 6.76. The van der Waals surface area contributed by atoms with Gasteiger partial charge < -0.3 is 15.5 Å². The molecule has 0 saturated carbocycles. The highest BCUT2D eigenvalue weighted by Crippen LogP contribution is 2.22. The van der Waals surface area contributed by atoms with Crippen LogP contribution < -0.4 is 10.6 Å². The number of piperazine rings is 1. The van der Waals surface area contributed by atoms with Gasteiger partial charge in [0.1, 0.15) is 0 Å². The van der Waals surface area contributed by atoms with Crippen molar-refractivity contribution in [3.63, 3.8) is 0 Å². The van der Waals surface area contributed by atoms with Gasteiger partial charge >= 0.3 is 0 Å². The van der Waals surface area contributed by atoms with Gasteiger partial charge in [0.05, 0.1) is 16.6 Å². The molecule has 0 spiro atoms. The quantitative estimate of drug-likeness (QED) is 0.549. The fourth-order valence-corrected chi connectivity index (χ4v) is 3.52. The highest BCUT2D eigenvalue weighted by Gasteiger charge is 2.12. The largest absolute Gasteiger partial charge is 0.352 e. The molecular weight excluding hydrogens is 324 g/mol. The molecule has 0 unspecified atom stereocenters. The minimum atomic E-state index is -0.0429. The number of hydrogen-bond acceptors (Lipinski definition) is 4. The number of pyridine rings is 1. The van der Waals surface area contributed by atoms with Crippen molar-refractivity contribution >= 4 is 27.7 Å². The van der Waals surface area contributed by atoms with Gasteiger partial charge in [-0.15, -0.1) is 0 Å². The zero-order chi connectivity index (χ0) is 17.8. The van der Waals surface area contributed by atoms with Gasteiger partial charge in [-0.3, -0.25) is 4.79 Å². The molecule has 1 aliphatic rings. The van der Waals surface area contributed by atoms with Crippen molar-refractivity contribution in [2.45, 2.75) is 6.42 Å². The van der Waals surface area contributed by atoms with E-state index < -0.39 is 0 Å². The average molecular weight is 348 g/mol. The maximum absolute atomic E-state index is 12.7. The van der Waals surface area contributed by atoms with Crippen LogP contribution in [0.15, 0.2) is 48.5 Å². The molecule has 5 heteroatoms. The van der Waals surface area contributed by atoms with Crippen LogP contribution in [0.4, 0.5) is 0 Å². The molecular formula is C21H24N4O. The number of nitrogens with one attached hydrogen (secondary N) is 2. The zero-order valence-electron chi connectivity index (χ0n) is 14.9. The summed E-state index contributed by atoms with van der Waals surface area (Å²) in [7, 11) is 0. The molecule has 2 aromatic carbocycles. The first kappa shape index (κ1) is 16.9. The Morgan fingerprint density at radius 3 is 2.77 bits per heavy atom. The zero-order valence-corrected chi connectivity index (χ0v) is 14.9. The summed E-state index contributed by atoms with van der Waals surface area (Å²) in [6, 6.07) is 15.9. The second-order valence-electron chi connectivity index (χ2n) is 6.76. The second kappa shape index (κ2) is 7.81. The highest BCUT2D eigenvalue weighted by atomic mass is 16.1. The topological polar surface area (TPSA) is 57.3 Å². The molecule has 1 aromatic heterocycles. The Kier molecular flexibility index (Phi) is 5.09. The highest BCUT2D eigenvalue weighted by molar-refractivity contribution is 6.07. The van der Waals surface area contributed by atoms with Crippen molar-refractivity contribution in [1.29, 1.82) is 0 Å². The molecule has 4 rings (SSSR count). The van der Waals surface area contributed by atoms with Crippen LogP contribution in [-0.4, -0.2) is 55.1 Å². The third kappa shape index (κ3) is 3.69. The maximum atomic E-state index is 12.7. The minimum Gasteiger partial charge on any atom is -0.352 e. The van der Waals surface area contributed by atoms with Crippen molar-refractivity contribution in [2.24, 2.45) is 0 Å². The van der Waals surface area contributed by atoms with E-state index in [1.807, 2.05) is 42.5 Å². The Bertz CT molecular complexity index is 918. The van der Waals surface area contributed by atoms with Crippen LogP contribution in [0.3, 0.4) is 0 Å². The Morgan fingerprint density at radius 2 is 1.88 bits per heavy atom. The van der Waals surface area contributed by atoms with Crippen molar-refractivity contribution in [3.8, 4) is 0 Å². The summed E-state index contributed by atoms with van der Waals surface area (Å²) in [5.41, 5.74) is 2.33. The first-order valence-corrected chi connectivity index (χ1v) is 9.31. The SMILES string of the molecule is O=C(NCCCN1CCNCC1)c1cccc2cc3ccccc3nc12. The van der Waals surface area contributed by atoms with Crippen LogP contribution in [0.2, 0.25) is 0 Å². The monoisotopic (exact) mass is 348 g/mol. The third-order valence-corrected chi connectivity index (χ3v) is 4.94. The van der Waals surface area contributed by atoms with Crippen molar-refractivity contribution in [3.05, 3.63) is 54.1 Å². The lowest BCUT2D eigenvalue weighted by Gasteiger charge is -2.27. The number of benzene rings is 2. The lowest BCUT2D eigenvalue weighted by molar-refractivity contribution is 0.0952. The van der Waals surface area contributed by atoms with Crippen LogP contribution in [0.1, 0.15) is 16.8 Å². The standard InChI is InChI=1S/C21H24N4O/c26-21(23-9-4-12-25-13-10-22-11-14-25)18-7-3-6-17-15-16-5-1-2-8-19(16)24-20(17)18/h1-3,5-8,15,22H,4,9-14H2,(H,23,26). The number of amides is 1. The van der Waals surface area contributed by atoms with Crippen LogP contribution in [0.5, 0.6) is 0 Å². The molecule has 0 aliphatic carbocycles. The lowest BCUT2D eigenvalue weighted by Crippen LogP contribution is -2.44. The summed E-state index contributed by atoms with van der Waals surface area (Å²) in [5.74, 6) is -0.0429. The number of hydrogen-bond donors (Lipinski definition) is 2. The summed E-state index contributed by atoms with van der Waals surface area (Å²) in [4.78, 5) is 19.8. The van der Waals surface area contributed by atoms with E-state index in [0.29, 0.717) is 12.1 Å². The Labute approximate surface area is 153 Å². The molecule has 1 saturated heterocycles. The molecule has 26 heavy (non-hydrogen) atoms. The first-order valence-electron chi connectivity index (χ1n) is 9.31. The smallest absolute Gasteiger partial charge is 0.253 e. The summed E-state index contributed by atoms with van der Waals surface area (Å²) < 4.78 is 0. The maximum Gasteiger partial charge on any atom is 0.253 e. The number of para-hydroxylation sites is 2. The van der Waals surface area contributed by atoms with E-state index in [-0.39, 0.29) is 5.91 Å². The molecule has 2 heterocycles. The Morgan fingerprint density at radius 1 is 1.08 bits per heavy atom. The average Bonchev–Trinajstić information content (AvgIpc) is 2.70. The van der Waals surface area contributed by atoms with Gasteiger partial charge in [0.2, 0.25) is 0 Å². The number of carbonyl (C=O) groups excluding carboxylic acids is 1. The van der Waals surface area contributed by atoms with E-state index in [0.717, 1.165) is 61.0 Å². The molecule has 5 nitrogen and oxygen atoms in total. The number of aromatic nitrogens is 1. The molecule has 1 fully saturated rings. The van der Waals surface area contributed by atoms with Gasteiger partial charge in [-0.2, -0.15) is 0 Å². The van der Waals surface area contributed by atoms with Crippen LogP contribution >= 0.6 is 0 Å². The third-order valence-electron chi connectivity index (χ3n) is 4.94. The van der Waals surface area contributed by atoms with Gasteiger partial charge in [-0.05, 0) is 31.2 Å². The van der Waals surface area contributed by atoms with E-state index in [1.54, 1.807) is 0 Å². The fraction of sp³-hybridized carbons (Fsp3) is 0.333. The Hall–Kier alpha value is -2.50. The van der Waals surface area contributed by atoms with E-state index in [2.05, 4.69) is 21.6 Å². The van der Waals surface area contributed by atoms with Crippen molar-refractivity contribution < 1.29 is 4.79 Å². The first-order chi connectivity index (χ1) is 12.8. The molecule has 0 radical (unpaired) electrons. The number of nitrogens with zero attached hydrogens (tertiary/aromatic N) is 2. The molecule has 0 bridgehead atoms. The van der Waals surface area contributed by atoms with E-state index in [9.17, 15) is 4.79 Å². The number of fused-ring (bicyclic) bond motifs is 2. The van der Waals surface area contributed by atoms with E-state index in [1.165, 1.54) is 0 Å². The predicted molar refractivity (Wildman–Crippen MR) is 106 cm³/mol. The Balaban J connectivity index is 1.45. The molecule has 0 atom stereocenters. The van der Waals surface area contributed by atoms with Gasteiger partial charge in [0.25, 0.3) is 5.91 Å². The number of rotatable bonds is 5.